The Kier molecular flexibility index (Phi) is 8.42. The van der Waals surface area contributed by atoms with Crippen molar-refractivity contribution in [1.82, 2.24) is 0 Å². The normalized spacial score (nSPS) is 20.9. The van der Waals surface area contributed by atoms with E-state index < -0.39 is 52.2 Å². The van der Waals surface area contributed by atoms with Crippen LogP contribution in [-0.4, -0.2) is 25.4 Å². The lowest BCUT2D eigenvalue weighted by Crippen LogP contribution is -2.32. The van der Waals surface area contributed by atoms with E-state index in [0.29, 0.717) is 62.3 Å². The number of unbranched alkanes of at least 4 members (excludes halogenated alkanes) is 1. The summed E-state index contributed by atoms with van der Waals surface area (Å²) < 4.78 is 105. The standard InChI is InChI=1S/C31H30F6O3/c1-2-3-12-38-22-8-4-18(5-9-22)20-13-24(32)29(25(33)14-20)21-15-26(34)30(27(35)16-21)31(36,37)40-23-10-6-19(7-11-23)28-17-39-28/h4-5,8-9,13-16,19,23,28H,2-3,6-7,10-12,17H2,1H3. The highest BCUT2D eigenvalue weighted by Gasteiger charge is 2.44. The Labute approximate surface area is 229 Å². The van der Waals surface area contributed by atoms with Crippen molar-refractivity contribution in [3.05, 3.63) is 77.4 Å². The molecule has 0 radical (unpaired) electrons. The summed E-state index contributed by atoms with van der Waals surface area (Å²) in [5.74, 6) is -4.60. The topological polar surface area (TPSA) is 31.0 Å². The first-order valence-corrected chi connectivity index (χ1v) is 13.6. The first kappa shape index (κ1) is 28.5. The lowest BCUT2D eigenvalue weighted by molar-refractivity contribution is -0.280. The van der Waals surface area contributed by atoms with Crippen molar-refractivity contribution < 1.29 is 40.6 Å². The van der Waals surface area contributed by atoms with E-state index in [1.807, 2.05) is 6.92 Å². The van der Waals surface area contributed by atoms with Gasteiger partial charge < -0.3 is 14.2 Å². The second kappa shape index (κ2) is 11.8. The predicted octanol–water partition coefficient (Wildman–Crippen LogP) is 8.78. The lowest BCUT2D eigenvalue weighted by Gasteiger charge is -2.31. The van der Waals surface area contributed by atoms with Crippen LogP contribution in [0.5, 0.6) is 5.75 Å². The molecule has 1 aliphatic heterocycles. The van der Waals surface area contributed by atoms with Crippen LogP contribution < -0.4 is 4.74 Å². The van der Waals surface area contributed by atoms with Gasteiger partial charge in [-0.05, 0) is 91.1 Å². The predicted molar refractivity (Wildman–Crippen MR) is 138 cm³/mol. The summed E-state index contributed by atoms with van der Waals surface area (Å²) in [6.07, 6.45) is -1.21. The summed E-state index contributed by atoms with van der Waals surface area (Å²) in [6.45, 7) is 3.26. The fourth-order valence-electron chi connectivity index (χ4n) is 5.26. The van der Waals surface area contributed by atoms with Crippen LogP contribution in [0.15, 0.2) is 48.5 Å². The van der Waals surface area contributed by atoms with Crippen LogP contribution >= 0.6 is 0 Å². The third-order valence-electron chi connectivity index (χ3n) is 7.54. The lowest BCUT2D eigenvalue weighted by atomic mass is 9.85. The summed E-state index contributed by atoms with van der Waals surface area (Å²) in [4.78, 5) is 0. The molecule has 2 aliphatic rings. The number of benzene rings is 3. The molecule has 0 N–H and O–H groups in total. The highest BCUT2D eigenvalue weighted by molar-refractivity contribution is 5.72. The van der Waals surface area contributed by atoms with Gasteiger partial charge in [-0.25, -0.2) is 17.6 Å². The Bertz CT molecular complexity index is 1290. The Balaban J connectivity index is 1.33. The average Bonchev–Trinajstić information content (AvgIpc) is 3.74. The number of halogens is 6. The number of ether oxygens (including phenoxy) is 3. The van der Waals surface area contributed by atoms with E-state index in [-0.39, 0.29) is 17.6 Å². The fourth-order valence-corrected chi connectivity index (χ4v) is 5.26. The molecule has 2 fully saturated rings. The van der Waals surface area contributed by atoms with E-state index >= 15 is 8.78 Å². The first-order chi connectivity index (χ1) is 19.2. The molecule has 40 heavy (non-hydrogen) atoms. The first-order valence-electron chi connectivity index (χ1n) is 13.6. The van der Waals surface area contributed by atoms with Crippen LogP contribution in [0.25, 0.3) is 22.3 Å². The summed E-state index contributed by atoms with van der Waals surface area (Å²) >= 11 is 0. The van der Waals surface area contributed by atoms with E-state index in [1.165, 1.54) is 0 Å². The second-order valence-electron chi connectivity index (χ2n) is 10.4. The summed E-state index contributed by atoms with van der Waals surface area (Å²) in [6, 6.07) is 9.67. The molecule has 1 unspecified atom stereocenters. The van der Waals surface area contributed by atoms with Crippen molar-refractivity contribution in [1.29, 1.82) is 0 Å². The highest BCUT2D eigenvalue weighted by Crippen LogP contribution is 2.42. The number of rotatable bonds is 10. The van der Waals surface area contributed by atoms with Crippen LogP contribution in [0.2, 0.25) is 0 Å². The monoisotopic (exact) mass is 564 g/mol. The number of alkyl halides is 2. The Morgan fingerprint density at radius 2 is 1.38 bits per heavy atom. The summed E-state index contributed by atoms with van der Waals surface area (Å²) in [5.41, 5.74) is -2.16. The van der Waals surface area contributed by atoms with Crippen molar-refractivity contribution in [2.45, 2.75) is 63.8 Å². The zero-order chi connectivity index (χ0) is 28.4. The zero-order valence-electron chi connectivity index (χ0n) is 22.0. The minimum atomic E-state index is -4.26. The van der Waals surface area contributed by atoms with Gasteiger partial charge in [-0.2, -0.15) is 8.78 Å². The highest BCUT2D eigenvalue weighted by atomic mass is 19.3. The van der Waals surface area contributed by atoms with Gasteiger partial charge in [-0.1, -0.05) is 25.5 Å². The van der Waals surface area contributed by atoms with E-state index in [1.54, 1.807) is 24.3 Å². The molecule has 0 aromatic heterocycles. The molecule has 9 heteroatoms. The molecule has 1 atom stereocenters. The molecule has 5 rings (SSSR count). The summed E-state index contributed by atoms with van der Waals surface area (Å²) in [5, 5.41) is 0. The minimum Gasteiger partial charge on any atom is -0.494 e. The molecule has 0 amide bonds. The van der Waals surface area contributed by atoms with Gasteiger partial charge in [0.25, 0.3) is 0 Å². The van der Waals surface area contributed by atoms with Crippen molar-refractivity contribution in [3.8, 4) is 28.0 Å². The number of epoxide rings is 1. The quantitative estimate of drug-likeness (QED) is 0.140. The van der Waals surface area contributed by atoms with Crippen molar-refractivity contribution in [3.63, 3.8) is 0 Å². The second-order valence-corrected chi connectivity index (χ2v) is 10.4. The molecule has 1 aliphatic carbocycles. The van der Waals surface area contributed by atoms with Gasteiger partial charge in [-0.15, -0.1) is 0 Å². The van der Waals surface area contributed by atoms with E-state index in [9.17, 15) is 17.6 Å². The molecule has 1 saturated heterocycles. The summed E-state index contributed by atoms with van der Waals surface area (Å²) in [7, 11) is 0. The molecular formula is C31H30F6O3. The van der Waals surface area contributed by atoms with Gasteiger partial charge in [0.05, 0.1) is 31.0 Å². The Morgan fingerprint density at radius 3 is 1.93 bits per heavy atom. The molecule has 3 aromatic carbocycles. The van der Waals surface area contributed by atoms with E-state index in [2.05, 4.69) is 0 Å². The number of hydrogen-bond acceptors (Lipinski definition) is 3. The van der Waals surface area contributed by atoms with Crippen LogP contribution in [0.1, 0.15) is 51.0 Å². The molecule has 3 aromatic rings. The van der Waals surface area contributed by atoms with Gasteiger partial charge in [0.15, 0.2) is 0 Å². The SMILES string of the molecule is CCCCOc1ccc(-c2cc(F)c(-c3cc(F)c(C(F)(F)OC4CCC(C5CO5)CC4)c(F)c3)c(F)c2)cc1. The van der Waals surface area contributed by atoms with Crippen LogP contribution in [0.4, 0.5) is 26.3 Å². The maximum absolute atomic E-state index is 15.1. The third kappa shape index (κ3) is 6.31. The van der Waals surface area contributed by atoms with Gasteiger partial charge >= 0.3 is 6.11 Å². The molecule has 1 saturated carbocycles. The number of hydrogen-bond donors (Lipinski definition) is 0. The molecule has 0 bridgehead atoms. The molecule has 0 spiro atoms. The average molecular weight is 565 g/mol. The van der Waals surface area contributed by atoms with Crippen molar-refractivity contribution in [2.75, 3.05) is 13.2 Å². The van der Waals surface area contributed by atoms with E-state index in [0.717, 1.165) is 25.0 Å². The van der Waals surface area contributed by atoms with Gasteiger partial charge in [0, 0.05) is 0 Å². The van der Waals surface area contributed by atoms with Crippen LogP contribution in [0, 0.1) is 29.2 Å². The van der Waals surface area contributed by atoms with Gasteiger partial charge in [-0.3, -0.25) is 0 Å². The Hall–Kier alpha value is -3.04. The fraction of sp³-hybridized carbons (Fsp3) is 0.419. The van der Waals surface area contributed by atoms with Crippen LogP contribution in [0.3, 0.4) is 0 Å². The minimum absolute atomic E-state index is 0.161. The maximum atomic E-state index is 15.1. The molecule has 3 nitrogen and oxygen atoms in total. The largest absolute Gasteiger partial charge is 0.494 e. The molecular weight excluding hydrogens is 534 g/mol. The Morgan fingerprint density at radius 1 is 0.800 bits per heavy atom. The van der Waals surface area contributed by atoms with Gasteiger partial charge in [0.1, 0.15) is 34.6 Å². The third-order valence-corrected chi connectivity index (χ3v) is 7.54. The maximum Gasteiger partial charge on any atom is 0.389 e. The van der Waals surface area contributed by atoms with Gasteiger partial charge in [0.2, 0.25) is 0 Å². The van der Waals surface area contributed by atoms with Crippen molar-refractivity contribution in [2.24, 2.45) is 5.92 Å². The zero-order valence-corrected chi connectivity index (χ0v) is 22.0. The smallest absolute Gasteiger partial charge is 0.389 e. The molecule has 214 valence electrons. The molecule has 1 heterocycles. The van der Waals surface area contributed by atoms with E-state index in [4.69, 9.17) is 14.2 Å². The van der Waals surface area contributed by atoms with Crippen molar-refractivity contribution >= 4 is 0 Å². The van der Waals surface area contributed by atoms with Crippen LogP contribution in [-0.2, 0) is 15.6 Å².